The van der Waals surface area contributed by atoms with Crippen LogP contribution in [0.3, 0.4) is 0 Å². The molecule has 8 atom stereocenters. The maximum absolute atomic E-state index is 10.3. The highest BCUT2D eigenvalue weighted by Crippen LogP contribution is 2.57. The minimum absolute atomic E-state index is 0.202. The molecular formula is C17H29N5O12P2S. The van der Waals surface area contributed by atoms with Gasteiger partial charge in [0.1, 0.15) is 30.3 Å². The van der Waals surface area contributed by atoms with Crippen LogP contribution >= 0.6 is 15.3 Å². The zero-order valence-electron chi connectivity index (χ0n) is 19.4. The summed E-state index contributed by atoms with van der Waals surface area (Å²) in [7, 11) is -3.08. The first-order valence-corrected chi connectivity index (χ1v) is 14.5. The molecule has 0 aromatic carbocycles. The van der Waals surface area contributed by atoms with Crippen molar-refractivity contribution in [2.24, 2.45) is 0 Å². The van der Waals surface area contributed by atoms with Gasteiger partial charge in [-0.2, -0.15) is 0 Å². The molecule has 0 amide bonds. The summed E-state index contributed by atoms with van der Waals surface area (Å²) in [4.78, 5) is 32.6. The number of anilines is 1. The largest absolute Gasteiger partial charge is 0.394 e. The van der Waals surface area contributed by atoms with E-state index in [4.69, 9.17) is 45.5 Å². The minimum atomic E-state index is -4.10. The van der Waals surface area contributed by atoms with E-state index in [1.165, 1.54) is 19.6 Å². The Morgan fingerprint density at radius 1 is 1.27 bits per heavy atom. The van der Waals surface area contributed by atoms with Crippen LogP contribution in [0.1, 0.15) is 26.0 Å². The van der Waals surface area contributed by atoms with Gasteiger partial charge in [-0.1, -0.05) is 0 Å². The van der Waals surface area contributed by atoms with Gasteiger partial charge in [-0.15, -0.1) is 0 Å². The molecule has 3 rings (SSSR count). The van der Waals surface area contributed by atoms with Crippen LogP contribution in [0.5, 0.6) is 0 Å². The number of fused-ring (bicyclic) bond motifs is 1. The highest BCUT2D eigenvalue weighted by atomic mass is 32.5. The summed E-state index contributed by atoms with van der Waals surface area (Å²) in [5.74, 6) is 0.231. The highest BCUT2D eigenvalue weighted by molar-refractivity contribution is 8.08. The number of nitrogens with two attached hydrogens (primary N) is 1. The summed E-state index contributed by atoms with van der Waals surface area (Å²) in [5, 5.41) is 47.4. The van der Waals surface area contributed by atoms with Gasteiger partial charge in [0.15, 0.2) is 11.5 Å². The van der Waals surface area contributed by atoms with Crippen LogP contribution in [-0.2, 0) is 34.6 Å². The van der Waals surface area contributed by atoms with Gasteiger partial charge in [0.2, 0.25) is 12.6 Å². The molecule has 210 valence electrons. The molecule has 37 heavy (non-hydrogen) atoms. The first-order valence-electron chi connectivity index (χ1n) is 10.8. The molecule has 17 nitrogen and oxygen atoms in total. The first kappa shape index (κ1) is 30.5. The lowest BCUT2D eigenvalue weighted by molar-refractivity contribution is -0.262. The highest BCUT2D eigenvalue weighted by Gasteiger charge is 2.35. The predicted molar refractivity (Wildman–Crippen MR) is 128 cm³/mol. The van der Waals surface area contributed by atoms with Crippen LogP contribution in [0.15, 0.2) is 12.7 Å². The van der Waals surface area contributed by atoms with Gasteiger partial charge in [0.05, 0.1) is 31.7 Å². The third-order valence-corrected chi connectivity index (χ3v) is 8.31. The van der Waals surface area contributed by atoms with Crippen molar-refractivity contribution in [1.82, 2.24) is 19.5 Å². The molecule has 0 aliphatic carbocycles. The molecule has 1 aliphatic heterocycles. The van der Waals surface area contributed by atoms with Crippen LogP contribution in [0.25, 0.3) is 11.2 Å². The summed E-state index contributed by atoms with van der Waals surface area (Å²) in [6.07, 6.45) is -5.94. The van der Waals surface area contributed by atoms with Crippen molar-refractivity contribution >= 4 is 44.1 Å². The standard InChI is InChI=1S/C17H29N5O12P2S/c1-8(24)13(10(25)4-23)32-17(16(26)27)33-35(28)34-36(29,37)30-5-9-2-3-11(31-9)22-7-21-12-14(18)19-6-20-15(12)22/h6-11,13,16-17,23-28H,2-5H2,1H3,(H,29,37)(H2,18,19,20). The van der Waals surface area contributed by atoms with Gasteiger partial charge >= 0.3 is 15.3 Å². The lowest BCUT2D eigenvalue weighted by Crippen LogP contribution is -2.45. The number of rotatable bonds is 14. The number of hydrogen-bond donors (Lipinski definition) is 8. The molecule has 20 heteroatoms. The quantitative estimate of drug-likeness (QED) is 0.0904. The van der Waals surface area contributed by atoms with Crippen molar-refractivity contribution in [1.29, 1.82) is 0 Å². The third kappa shape index (κ3) is 8.22. The fourth-order valence-corrected chi connectivity index (χ4v) is 5.86. The normalized spacial score (nSPS) is 24.1. The zero-order valence-corrected chi connectivity index (χ0v) is 22.0. The number of hydrogen-bond acceptors (Lipinski definition) is 16. The Hall–Kier alpha value is -1.05. The Morgan fingerprint density at radius 3 is 2.65 bits per heavy atom. The van der Waals surface area contributed by atoms with Crippen LogP contribution < -0.4 is 5.73 Å². The number of aromatic nitrogens is 4. The first-order chi connectivity index (χ1) is 17.4. The Morgan fingerprint density at radius 2 is 2.00 bits per heavy atom. The van der Waals surface area contributed by atoms with Crippen LogP contribution in [0.4, 0.5) is 5.82 Å². The summed E-state index contributed by atoms with van der Waals surface area (Å²) >= 11 is 4.87. The molecule has 2 aromatic rings. The Kier molecular flexibility index (Phi) is 11.0. The van der Waals surface area contributed by atoms with Gasteiger partial charge in [0, 0.05) is 0 Å². The average molecular weight is 589 g/mol. The van der Waals surface area contributed by atoms with Gasteiger partial charge in [0.25, 0.3) is 0 Å². The number of imidazole rings is 1. The van der Waals surface area contributed by atoms with E-state index in [1.54, 1.807) is 4.57 Å². The monoisotopic (exact) mass is 589 g/mol. The fraction of sp³-hybridized carbons (Fsp3) is 0.706. The summed E-state index contributed by atoms with van der Waals surface area (Å²) in [6, 6.07) is 0. The lowest BCUT2D eigenvalue weighted by Gasteiger charge is -2.30. The Balaban J connectivity index is 1.51. The number of ether oxygens (including phenoxy) is 2. The summed E-state index contributed by atoms with van der Waals surface area (Å²) < 4.78 is 27.6. The van der Waals surface area contributed by atoms with Crippen LogP contribution in [0, 0.1) is 0 Å². The van der Waals surface area contributed by atoms with E-state index in [1.807, 2.05) is 0 Å². The SMILES string of the molecule is CC(O)C(OC(OP(O)OP(O)(=S)OCC1CCC(n2cnc3c(N)ncnc32)O1)C(O)O)C(O)CO. The molecular weight excluding hydrogens is 560 g/mol. The van der Waals surface area contributed by atoms with E-state index >= 15 is 0 Å². The fourth-order valence-electron chi connectivity index (χ4n) is 3.43. The molecule has 1 fully saturated rings. The van der Waals surface area contributed by atoms with Gasteiger partial charge < -0.3 is 55.1 Å². The van der Waals surface area contributed by atoms with Crippen molar-refractivity contribution < 1.29 is 58.2 Å². The lowest BCUT2D eigenvalue weighted by atomic mass is 10.1. The smallest absolute Gasteiger partial charge is 0.340 e. The molecule has 0 radical (unpaired) electrons. The van der Waals surface area contributed by atoms with Gasteiger partial charge in [-0.25, -0.2) is 19.3 Å². The molecule has 8 unspecified atom stereocenters. The van der Waals surface area contributed by atoms with Crippen LogP contribution in [-0.4, -0.2) is 105 Å². The number of nitrogens with zero attached hydrogens (tertiary/aromatic N) is 4. The second-order valence-electron chi connectivity index (χ2n) is 7.94. The Bertz CT molecular complexity index is 1070. The number of nitrogen functional groups attached to an aromatic ring is 1. The van der Waals surface area contributed by atoms with Crippen molar-refractivity contribution in [2.45, 2.75) is 63.0 Å². The van der Waals surface area contributed by atoms with E-state index in [0.717, 1.165) is 0 Å². The second kappa shape index (κ2) is 13.3. The maximum Gasteiger partial charge on any atom is 0.340 e. The van der Waals surface area contributed by atoms with E-state index in [2.05, 4.69) is 15.0 Å². The maximum atomic E-state index is 10.3. The van der Waals surface area contributed by atoms with E-state index in [9.17, 15) is 30.2 Å². The molecule has 2 aromatic heterocycles. The van der Waals surface area contributed by atoms with Crippen molar-refractivity contribution in [3.63, 3.8) is 0 Å². The molecule has 9 N–H and O–H groups in total. The molecule has 0 spiro atoms. The molecule has 0 bridgehead atoms. The topological polar surface area (TPSA) is 257 Å². The summed E-state index contributed by atoms with van der Waals surface area (Å²) in [6.45, 7) is -3.91. The predicted octanol–water partition coefficient (Wildman–Crippen LogP) is -1.67. The minimum Gasteiger partial charge on any atom is -0.394 e. The molecule has 1 aliphatic rings. The Labute approximate surface area is 216 Å². The number of aliphatic hydroxyl groups excluding tert-OH is 4. The van der Waals surface area contributed by atoms with Gasteiger partial charge in [-0.3, -0.25) is 9.09 Å². The second-order valence-corrected chi connectivity index (χ2v) is 11.9. The van der Waals surface area contributed by atoms with E-state index < -0.39 is 65.2 Å². The molecule has 3 heterocycles. The third-order valence-electron chi connectivity index (χ3n) is 5.15. The molecule has 1 saturated heterocycles. The number of aliphatic hydroxyl groups is 5. The van der Waals surface area contributed by atoms with Crippen molar-refractivity contribution in [3.05, 3.63) is 12.7 Å². The zero-order chi connectivity index (χ0) is 27.3. The van der Waals surface area contributed by atoms with E-state index in [0.29, 0.717) is 24.0 Å². The van der Waals surface area contributed by atoms with Crippen LogP contribution in [0.2, 0.25) is 0 Å². The van der Waals surface area contributed by atoms with Crippen molar-refractivity contribution in [3.8, 4) is 0 Å². The molecule has 0 saturated carbocycles. The summed E-state index contributed by atoms with van der Waals surface area (Å²) in [5.41, 5.74) is 6.72. The van der Waals surface area contributed by atoms with Gasteiger partial charge in [-0.05, 0) is 31.6 Å². The average Bonchev–Trinajstić information content (AvgIpc) is 3.47. The van der Waals surface area contributed by atoms with E-state index in [-0.39, 0.29) is 12.4 Å². The van der Waals surface area contributed by atoms with Crippen molar-refractivity contribution in [2.75, 3.05) is 18.9 Å².